The molecule has 4 atom stereocenters. The molecular weight excluding hydrogens is 255 g/mol. The van der Waals surface area contributed by atoms with E-state index in [2.05, 4.69) is 12.2 Å². The van der Waals surface area contributed by atoms with Crippen LogP contribution in [0.1, 0.15) is 43.0 Å². The molecule has 2 bridgehead atoms. The number of benzene rings is 1. The zero-order chi connectivity index (χ0) is 14.3. The Kier molecular flexibility index (Phi) is 3.40. The van der Waals surface area contributed by atoms with Gasteiger partial charge in [0, 0.05) is 11.6 Å². The lowest BCUT2D eigenvalue weighted by Gasteiger charge is -2.28. The lowest BCUT2D eigenvalue weighted by atomic mass is 9.84. The number of nitrogen functional groups attached to an aromatic ring is 1. The van der Waals surface area contributed by atoms with Crippen molar-refractivity contribution in [1.82, 2.24) is 5.32 Å². The number of carbonyl (C=O) groups excluding carboxylic acids is 1. The Morgan fingerprint density at radius 2 is 2.20 bits per heavy atom. The fourth-order valence-electron chi connectivity index (χ4n) is 3.97. The summed E-state index contributed by atoms with van der Waals surface area (Å²) in [6.45, 7) is 2.07. The van der Waals surface area contributed by atoms with E-state index in [1.165, 1.54) is 37.8 Å². The van der Waals surface area contributed by atoms with Crippen molar-refractivity contribution in [2.24, 2.45) is 17.8 Å². The van der Waals surface area contributed by atoms with E-state index in [-0.39, 0.29) is 17.6 Å². The minimum atomic E-state index is -0.537. The van der Waals surface area contributed by atoms with Gasteiger partial charge in [0.05, 0.1) is 5.69 Å². The zero-order valence-electron chi connectivity index (χ0n) is 11.7. The SMILES string of the molecule is CC(NC(=O)c1ccc(N)c(F)c1)C1CC2CCC1C2. The number of halogens is 1. The summed E-state index contributed by atoms with van der Waals surface area (Å²) in [6.07, 6.45) is 5.20. The monoisotopic (exact) mass is 276 g/mol. The lowest BCUT2D eigenvalue weighted by Crippen LogP contribution is -2.40. The minimum absolute atomic E-state index is 0.0719. The topological polar surface area (TPSA) is 55.1 Å². The van der Waals surface area contributed by atoms with Crippen LogP contribution in [0, 0.1) is 23.6 Å². The third-order valence-electron chi connectivity index (χ3n) is 5.06. The molecule has 2 saturated carbocycles. The molecule has 0 aliphatic heterocycles. The molecule has 0 spiro atoms. The first-order valence-electron chi connectivity index (χ1n) is 7.40. The molecule has 20 heavy (non-hydrogen) atoms. The molecule has 108 valence electrons. The third kappa shape index (κ3) is 2.39. The van der Waals surface area contributed by atoms with E-state index < -0.39 is 5.82 Å². The van der Waals surface area contributed by atoms with Gasteiger partial charge in [-0.15, -0.1) is 0 Å². The molecule has 1 aromatic rings. The van der Waals surface area contributed by atoms with Gasteiger partial charge in [0.25, 0.3) is 5.91 Å². The maximum absolute atomic E-state index is 13.4. The van der Waals surface area contributed by atoms with Crippen LogP contribution in [-0.4, -0.2) is 11.9 Å². The molecule has 2 aliphatic rings. The first-order chi connectivity index (χ1) is 9.54. The van der Waals surface area contributed by atoms with Crippen LogP contribution in [0.4, 0.5) is 10.1 Å². The van der Waals surface area contributed by atoms with Crippen molar-refractivity contribution in [2.75, 3.05) is 5.73 Å². The normalized spacial score (nSPS) is 29.4. The van der Waals surface area contributed by atoms with Crippen molar-refractivity contribution in [1.29, 1.82) is 0 Å². The Bertz CT molecular complexity index is 531. The lowest BCUT2D eigenvalue weighted by molar-refractivity contribution is 0.0915. The fourth-order valence-corrected chi connectivity index (χ4v) is 3.97. The van der Waals surface area contributed by atoms with Crippen molar-refractivity contribution in [3.05, 3.63) is 29.6 Å². The summed E-state index contributed by atoms with van der Waals surface area (Å²) < 4.78 is 13.4. The largest absolute Gasteiger partial charge is 0.396 e. The Balaban J connectivity index is 1.65. The van der Waals surface area contributed by atoms with Crippen molar-refractivity contribution >= 4 is 11.6 Å². The number of nitrogens with one attached hydrogen (secondary N) is 1. The Hall–Kier alpha value is -1.58. The number of amides is 1. The van der Waals surface area contributed by atoms with E-state index >= 15 is 0 Å². The van der Waals surface area contributed by atoms with Crippen molar-refractivity contribution in [3.8, 4) is 0 Å². The first kappa shape index (κ1) is 13.4. The van der Waals surface area contributed by atoms with Crippen LogP contribution in [-0.2, 0) is 0 Å². The molecule has 3 nitrogen and oxygen atoms in total. The van der Waals surface area contributed by atoms with Crippen LogP contribution in [0.3, 0.4) is 0 Å². The second-order valence-corrected chi connectivity index (χ2v) is 6.34. The van der Waals surface area contributed by atoms with E-state index in [1.807, 2.05) is 0 Å². The maximum Gasteiger partial charge on any atom is 0.251 e. The quantitative estimate of drug-likeness (QED) is 0.834. The number of hydrogen-bond donors (Lipinski definition) is 2. The molecule has 3 rings (SSSR count). The van der Waals surface area contributed by atoms with Gasteiger partial charge in [-0.05, 0) is 62.1 Å². The van der Waals surface area contributed by atoms with Crippen LogP contribution >= 0.6 is 0 Å². The highest BCUT2D eigenvalue weighted by Gasteiger charge is 2.42. The van der Waals surface area contributed by atoms with Gasteiger partial charge in [-0.2, -0.15) is 0 Å². The first-order valence-corrected chi connectivity index (χ1v) is 7.40. The van der Waals surface area contributed by atoms with Crippen molar-refractivity contribution < 1.29 is 9.18 Å². The number of carbonyl (C=O) groups is 1. The average Bonchev–Trinajstić information content (AvgIpc) is 3.04. The van der Waals surface area contributed by atoms with Crippen LogP contribution in [0.15, 0.2) is 18.2 Å². The number of rotatable bonds is 3. The van der Waals surface area contributed by atoms with Gasteiger partial charge in [0.2, 0.25) is 0 Å². The molecule has 0 aromatic heterocycles. The number of nitrogens with two attached hydrogens (primary N) is 1. The standard InChI is InChI=1S/C16H21FN2O/c1-9(13-7-10-2-3-11(13)6-10)19-16(20)12-4-5-15(18)14(17)8-12/h4-5,8-11,13H,2-3,6-7,18H2,1H3,(H,19,20). The van der Waals surface area contributed by atoms with E-state index in [0.717, 1.165) is 11.8 Å². The molecule has 4 unspecified atom stereocenters. The van der Waals surface area contributed by atoms with Gasteiger partial charge in [0.15, 0.2) is 0 Å². The number of hydrogen-bond acceptors (Lipinski definition) is 2. The van der Waals surface area contributed by atoms with Gasteiger partial charge in [-0.25, -0.2) is 4.39 Å². The molecule has 0 saturated heterocycles. The van der Waals surface area contributed by atoms with E-state index in [4.69, 9.17) is 5.73 Å². The van der Waals surface area contributed by atoms with E-state index in [9.17, 15) is 9.18 Å². The van der Waals surface area contributed by atoms with Crippen molar-refractivity contribution in [2.45, 2.75) is 38.6 Å². The summed E-state index contributed by atoms with van der Waals surface area (Å²) in [7, 11) is 0. The molecule has 2 fully saturated rings. The summed E-state index contributed by atoms with van der Waals surface area (Å²) >= 11 is 0. The van der Waals surface area contributed by atoms with Crippen molar-refractivity contribution in [3.63, 3.8) is 0 Å². The highest BCUT2D eigenvalue weighted by atomic mass is 19.1. The predicted octanol–water partition coefficient (Wildman–Crippen LogP) is 2.96. The zero-order valence-corrected chi connectivity index (χ0v) is 11.7. The van der Waals surface area contributed by atoms with Gasteiger partial charge in [-0.1, -0.05) is 6.42 Å². The molecule has 4 heteroatoms. The second kappa shape index (κ2) is 5.08. The molecule has 0 heterocycles. The van der Waals surface area contributed by atoms with Gasteiger partial charge >= 0.3 is 0 Å². The maximum atomic E-state index is 13.4. The Morgan fingerprint density at radius 1 is 1.40 bits per heavy atom. The summed E-state index contributed by atoms with van der Waals surface area (Å²) in [5.74, 6) is 1.46. The molecule has 0 radical (unpaired) electrons. The highest BCUT2D eigenvalue weighted by molar-refractivity contribution is 5.94. The van der Waals surface area contributed by atoms with E-state index in [1.54, 1.807) is 6.07 Å². The molecule has 1 aromatic carbocycles. The van der Waals surface area contributed by atoms with Crippen LogP contribution in [0.25, 0.3) is 0 Å². The third-order valence-corrected chi connectivity index (χ3v) is 5.06. The molecule has 3 N–H and O–H groups in total. The Morgan fingerprint density at radius 3 is 2.80 bits per heavy atom. The summed E-state index contributed by atoms with van der Waals surface area (Å²) in [6, 6.07) is 4.37. The second-order valence-electron chi connectivity index (χ2n) is 6.34. The molecule has 1 amide bonds. The van der Waals surface area contributed by atoms with Gasteiger partial charge < -0.3 is 11.1 Å². The fraction of sp³-hybridized carbons (Fsp3) is 0.562. The number of anilines is 1. The summed E-state index contributed by atoms with van der Waals surface area (Å²) in [5, 5.41) is 3.02. The summed E-state index contributed by atoms with van der Waals surface area (Å²) in [4.78, 5) is 12.2. The van der Waals surface area contributed by atoms with Gasteiger partial charge in [0.1, 0.15) is 5.82 Å². The summed E-state index contributed by atoms with van der Waals surface area (Å²) in [5.41, 5.74) is 5.84. The Labute approximate surface area is 118 Å². The number of fused-ring (bicyclic) bond motifs is 2. The van der Waals surface area contributed by atoms with E-state index in [0.29, 0.717) is 11.5 Å². The predicted molar refractivity (Wildman–Crippen MR) is 76.7 cm³/mol. The minimum Gasteiger partial charge on any atom is -0.396 e. The van der Waals surface area contributed by atoms with Gasteiger partial charge in [-0.3, -0.25) is 4.79 Å². The average molecular weight is 276 g/mol. The van der Waals surface area contributed by atoms with Crippen LogP contribution in [0.2, 0.25) is 0 Å². The molecular formula is C16H21FN2O. The van der Waals surface area contributed by atoms with Crippen LogP contribution in [0.5, 0.6) is 0 Å². The highest BCUT2D eigenvalue weighted by Crippen LogP contribution is 2.49. The smallest absolute Gasteiger partial charge is 0.251 e. The van der Waals surface area contributed by atoms with Crippen LogP contribution < -0.4 is 11.1 Å². The molecule has 2 aliphatic carbocycles.